The lowest BCUT2D eigenvalue weighted by Gasteiger charge is -2.31. The normalized spacial score (nSPS) is 15.3. The number of amides is 1. The zero-order valence-electron chi connectivity index (χ0n) is 14.9. The molecule has 1 aromatic carbocycles. The van der Waals surface area contributed by atoms with Gasteiger partial charge in [0, 0.05) is 18.7 Å². The van der Waals surface area contributed by atoms with Crippen molar-refractivity contribution in [1.82, 2.24) is 4.90 Å². The number of esters is 1. The van der Waals surface area contributed by atoms with Gasteiger partial charge in [-0.3, -0.25) is 9.59 Å². The highest BCUT2D eigenvalue weighted by Gasteiger charge is 2.28. The van der Waals surface area contributed by atoms with E-state index in [1.807, 2.05) is 24.0 Å². The van der Waals surface area contributed by atoms with Crippen molar-refractivity contribution < 1.29 is 14.3 Å². The van der Waals surface area contributed by atoms with E-state index in [0.717, 1.165) is 18.4 Å². The smallest absolute Gasteiger partial charge is 0.309 e. The SMILES string of the molecule is CCCCc1ccc(C(=O)N2CCC(C(=O)OCCC)CC2)cc1. The number of unbranched alkanes of at least 4 members (excludes halogenated alkanes) is 1. The van der Waals surface area contributed by atoms with E-state index in [9.17, 15) is 9.59 Å². The number of benzene rings is 1. The largest absolute Gasteiger partial charge is 0.465 e. The van der Waals surface area contributed by atoms with Gasteiger partial charge in [0.05, 0.1) is 12.5 Å². The number of carbonyl (C=O) groups is 2. The number of hydrogen-bond acceptors (Lipinski definition) is 3. The summed E-state index contributed by atoms with van der Waals surface area (Å²) in [4.78, 5) is 26.3. The Morgan fingerprint density at radius 1 is 1.08 bits per heavy atom. The summed E-state index contributed by atoms with van der Waals surface area (Å²) in [5.74, 6) is -0.0985. The third-order valence-corrected chi connectivity index (χ3v) is 4.58. The molecule has 0 saturated carbocycles. The van der Waals surface area contributed by atoms with Gasteiger partial charge in [-0.2, -0.15) is 0 Å². The molecule has 0 aliphatic carbocycles. The van der Waals surface area contributed by atoms with Crippen LogP contribution in [0.1, 0.15) is 61.9 Å². The van der Waals surface area contributed by atoms with Gasteiger partial charge in [-0.25, -0.2) is 0 Å². The van der Waals surface area contributed by atoms with Crippen molar-refractivity contribution in [3.63, 3.8) is 0 Å². The standard InChI is InChI=1S/C20H29NO3/c1-3-5-6-16-7-9-17(10-8-16)19(22)21-13-11-18(12-14-21)20(23)24-15-4-2/h7-10,18H,3-6,11-15H2,1-2H3. The molecule has 1 fully saturated rings. The fourth-order valence-corrected chi connectivity index (χ4v) is 3.02. The molecule has 1 aliphatic heterocycles. The number of piperidine rings is 1. The summed E-state index contributed by atoms with van der Waals surface area (Å²) in [7, 11) is 0. The minimum Gasteiger partial charge on any atom is -0.465 e. The Balaban J connectivity index is 1.85. The van der Waals surface area contributed by atoms with Gasteiger partial charge < -0.3 is 9.64 Å². The van der Waals surface area contributed by atoms with Crippen LogP contribution in [0, 0.1) is 5.92 Å². The van der Waals surface area contributed by atoms with Gasteiger partial charge in [0.15, 0.2) is 0 Å². The van der Waals surface area contributed by atoms with Crippen LogP contribution in [0.15, 0.2) is 24.3 Å². The summed E-state index contributed by atoms with van der Waals surface area (Å²) in [5.41, 5.74) is 2.02. The molecule has 24 heavy (non-hydrogen) atoms. The molecule has 4 nitrogen and oxygen atoms in total. The van der Waals surface area contributed by atoms with Crippen LogP contribution in [0.3, 0.4) is 0 Å². The van der Waals surface area contributed by atoms with Crippen molar-refractivity contribution in [3.05, 3.63) is 35.4 Å². The Kier molecular flexibility index (Phi) is 7.29. The summed E-state index contributed by atoms with van der Waals surface area (Å²) < 4.78 is 5.21. The van der Waals surface area contributed by atoms with Gasteiger partial charge >= 0.3 is 5.97 Å². The second kappa shape index (κ2) is 9.45. The van der Waals surface area contributed by atoms with Crippen LogP contribution in [-0.4, -0.2) is 36.5 Å². The molecule has 0 radical (unpaired) electrons. The van der Waals surface area contributed by atoms with Gasteiger partial charge in [0.25, 0.3) is 5.91 Å². The highest BCUT2D eigenvalue weighted by atomic mass is 16.5. The van der Waals surface area contributed by atoms with Crippen molar-refractivity contribution in [2.75, 3.05) is 19.7 Å². The van der Waals surface area contributed by atoms with Crippen LogP contribution >= 0.6 is 0 Å². The van der Waals surface area contributed by atoms with E-state index in [1.165, 1.54) is 18.4 Å². The molecular weight excluding hydrogens is 302 g/mol. The number of aryl methyl sites for hydroxylation is 1. The van der Waals surface area contributed by atoms with Gasteiger partial charge in [-0.05, 0) is 49.8 Å². The molecule has 1 amide bonds. The van der Waals surface area contributed by atoms with E-state index in [2.05, 4.69) is 19.1 Å². The average molecular weight is 331 g/mol. The van der Waals surface area contributed by atoms with Crippen molar-refractivity contribution in [1.29, 1.82) is 0 Å². The molecule has 0 aromatic heterocycles. The quantitative estimate of drug-likeness (QED) is 0.713. The first-order valence-electron chi connectivity index (χ1n) is 9.20. The third-order valence-electron chi connectivity index (χ3n) is 4.58. The molecule has 1 saturated heterocycles. The molecule has 0 atom stereocenters. The molecule has 0 bridgehead atoms. The van der Waals surface area contributed by atoms with E-state index in [1.54, 1.807) is 0 Å². The fourth-order valence-electron chi connectivity index (χ4n) is 3.02. The first-order chi connectivity index (χ1) is 11.7. The summed E-state index contributed by atoms with van der Waals surface area (Å²) in [6.45, 7) is 5.91. The van der Waals surface area contributed by atoms with E-state index < -0.39 is 0 Å². The molecule has 2 rings (SSSR count). The molecule has 0 unspecified atom stereocenters. The van der Waals surface area contributed by atoms with Crippen LogP contribution in [0.4, 0.5) is 0 Å². The maximum absolute atomic E-state index is 12.6. The molecule has 1 aliphatic rings. The first kappa shape index (κ1) is 18.5. The minimum absolute atomic E-state index is 0.0583. The van der Waals surface area contributed by atoms with Gasteiger partial charge in [0.2, 0.25) is 0 Å². The summed E-state index contributed by atoms with van der Waals surface area (Å²) in [5, 5.41) is 0. The van der Waals surface area contributed by atoms with E-state index in [0.29, 0.717) is 32.5 Å². The van der Waals surface area contributed by atoms with E-state index >= 15 is 0 Å². The summed E-state index contributed by atoms with van der Waals surface area (Å²) in [6.07, 6.45) is 5.66. The topological polar surface area (TPSA) is 46.6 Å². The molecule has 132 valence electrons. The number of carbonyl (C=O) groups excluding carboxylic acids is 2. The lowest BCUT2D eigenvalue weighted by atomic mass is 9.96. The summed E-state index contributed by atoms with van der Waals surface area (Å²) in [6, 6.07) is 7.96. The predicted octanol–water partition coefficient (Wildman–Crippen LogP) is 3.83. The zero-order valence-corrected chi connectivity index (χ0v) is 14.9. The second-order valence-corrected chi connectivity index (χ2v) is 6.53. The summed E-state index contributed by atoms with van der Waals surface area (Å²) >= 11 is 0. The average Bonchev–Trinajstić information content (AvgIpc) is 2.64. The Morgan fingerprint density at radius 3 is 2.33 bits per heavy atom. The number of likely N-dealkylation sites (tertiary alicyclic amines) is 1. The minimum atomic E-state index is -0.107. The van der Waals surface area contributed by atoms with Crippen LogP contribution < -0.4 is 0 Å². The number of hydrogen-bond donors (Lipinski definition) is 0. The Labute approximate surface area is 145 Å². The molecular formula is C20H29NO3. The van der Waals surface area contributed by atoms with Gasteiger partial charge in [-0.15, -0.1) is 0 Å². The van der Waals surface area contributed by atoms with Crippen LogP contribution in [-0.2, 0) is 16.0 Å². The first-order valence-corrected chi connectivity index (χ1v) is 9.20. The molecule has 0 N–H and O–H groups in total. The van der Waals surface area contributed by atoms with Crippen molar-refractivity contribution >= 4 is 11.9 Å². The number of rotatable bonds is 7. The highest BCUT2D eigenvalue weighted by molar-refractivity contribution is 5.94. The molecule has 1 heterocycles. The Bertz CT molecular complexity index is 530. The molecule has 1 aromatic rings. The maximum atomic E-state index is 12.6. The number of nitrogens with zero attached hydrogens (tertiary/aromatic N) is 1. The van der Waals surface area contributed by atoms with Crippen LogP contribution in [0.5, 0.6) is 0 Å². The monoisotopic (exact) mass is 331 g/mol. The van der Waals surface area contributed by atoms with E-state index in [-0.39, 0.29) is 17.8 Å². The Hall–Kier alpha value is -1.84. The lowest BCUT2D eigenvalue weighted by Crippen LogP contribution is -2.40. The second-order valence-electron chi connectivity index (χ2n) is 6.53. The third kappa shape index (κ3) is 5.08. The lowest BCUT2D eigenvalue weighted by molar-refractivity contribution is -0.150. The van der Waals surface area contributed by atoms with Gasteiger partial charge in [0.1, 0.15) is 0 Å². The highest BCUT2D eigenvalue weighted by Crippen LogP contribution is 2.21. The molecule has 0 spiro atoms. The fraction of sp³-hybridized carbons (Fsp3) is 0.600. The van der Waals surface area contributed by atoms with Crippen molar-refractivity contribution in [3.8, 4) is 0 Å². The van der Waals surface area contributed by atoms with Crippen molar-refractivity contribution in [2.45, 2.75) is 52.4 Å². The Morgan fingerprint density at radius 2 is 1.75 bits per heavy atom. The van der Waals surface area contributed by atoms with Crippen LogP contribution in [0.25, 0.3) is 0 Å². The number of ether oxygens (including phenoxy) is 1. The van der Waals surface area contributed by atoms with Crippen LogP contribution in [0.2, 0.25) is 0 Å². The maximum Gasteiger partial charge on any atom is 0.309 e. The van der Waals surface area contributed by atoms with E-state index in [4.69, 9.17) is 4.74 Å². The van der Waals surface area contributed by atoms with Gasteiger partial charge in [-0.1, -0.05) is 32.4 Å². The van der Waals surface area contributed by atoms with Crippen molar-refractivity contribution in [2.24, 2.45) is 5.92 Å². The zero-order chi connectivity index (χ0) is 17.4. The predicted molar refractivity (Wildman–Crippen MR) is 94.9 cm³/mol. The molecule has 4 heteroatoms.